The van der Waals surface area contributed by atoms with Crippen molar-refractivity contribution in [3.63, 3.8) is 0 Å². The molecule has 7 nitrogen and oxygen atoms in total. The van der Waals surface area contributed by atoms with Crippen LogP contribution in [0.5, 0.6) is 5.88 Å². The Labute approximate surface area is 146 Å². The van der Waals surface area contributed by atoms with Crippen LogP contribution in [-0.2, 0) is 4.79 Å². The standard InChI is InChI=1S/C18H22N4O3/c1-12(2)16(22-18(24)21-13-7-5-4-6-8-13)17(23)20-14-9-10-15(25-3)19-11-14/h4-12,16H,1-3H3,(H,20,23)(H2,21,22,24). The molecule has 0 saturated heterocycles. The summed E-state index contributed by atoms with van der Waals surface area (Å²) in [5, 5.41) is 8.15. The van der Waals surface area contributed by atoms with Crippen LogP contribution in [0.15, 0.2) is 48.7 Å². The van der Waals surface area contributed by atoms with Crippen LogP contribution in [-0.4, -0.2) is 30.1 Å². The number of hydrogen-bond donors (Lipinski definition) is 3. The smallest absolute Gasteiger partial charge is 0.319 e. The number of carbonyl (C=O) groups excluding carboxylic acids is 2. The third kappa shape index (κ3) is 5.49. The number of hydrogen-bond acceptors (Lipinski definition) is 4. The number of methoxy groups -OCH3 is 1. The van der Waals surface area contributed by atoms with E-state index in [-0.39, 0.29) is 11.8 Å². The summed E-state index contributed by atoms with van der Waals surface area (Å²) in [6, 6.07) is 11.2. The summed E-state index contributed by atoms with van der Waals surface area (Å²) in [4.78, 5) is 28.7. The second-order valence-corrected chi connectivity index (χ2v) is 5.76. The molecular weight excluding hydrogens is 320 g/mol. The molecule has 2 rings (SSSR count). The van der Waals surface area contributed by atoms with E-state index in [2.05, 4.69) is 20.9 Å². The molecule has 1 aromatic heterocycles. The van der Waals surface area contributed by atoms with Gasteiger partial charge in [-0.1, -0.05) is 32.0 Å². The number of ether oxygens (including phenoxy) is 1. The van der Waals surface area contributed by atoms with Gasteiger partial charge in [-0.05, 0) is 24.1 Å². The summed E-state index contributed by atoms with van der Waals surface area (Å²) in [6.45, 7) is 3.72. The van der Waals surface area contributed by atoms with Gasteiger partial charge in [0.25, 0.3) is 0 Å². The molecule has 1 atom stereocenters. The molecule has 0 aliphatic heterocycles. The van der Waals surface area contributed by atoms with E-state index < -0.39 is 12.1 Å². The van der Waals surface area contributed by atoms with Crippen molar-refractivity contribution in [1.82, 2.24) is 10.3 Å². The summed E-state index contributed by atoms with van der Waals surface area (Å²) in [6.07, 6.45) is 1.50. The second-order valence-electron chi connectivity index (χ2n) is 5.76. The molecule has 0 spiro atoms. The molecule has 132 valence electrons. The second kappa shape index (κ2) is 8.68. The minimum atomic E-state index is -0.689. The fourth-order valence-electron chi connectivity index (χ4n) is 2.16. The molecule has 3 amide bonds. The third-order valence-corrected chi connectivity index (χ3v) is 3.48. The van der Waals surface area contributed by atoms with E-state index in [1.807, 2.05) is 32.0 Å². The first-order valence-electron chi connectivity index (χ1n) is 7.93. The predicted octanol–water partition coefficient (Wildman–Crippen LogP) is 2.88. The van der Waals surface area contributed by atoms with Gasteiger partial charge >= 0.3 is 6.03 Å². The number of aromatic nitrogens is 1. The number of anilines is 2. The minimum Gasteiger partial charge on any atom is -0.481 e. The van der Waals surface area contributed by atoms with Gasteiger partial charge in [-0.15, -0.1) is 0 Å². The zero-order chi connectivity index (χ0) is 18.2. The summed E-state index contributed by atoms with van der Waals surface area (Å²) >= 11 is 0. The molecule has 25 heavy (non-hydrogen) atoms. The first-order valence-corrected chi connectivity index (χ1v) is 7.93. The van der Waals surface area contributed by atoms with Gasteiger partial charge in [0, 0.05) is 11.8 Å². The Morgan fingerprint density at radius 1 is 1.00 bits per heavy atom. The molecule has 3 N–H and O–H groups in total. The van der Waals surface area contributed by atoms with Crippen molar-refractivity contribution in [2.75, 3.05) is 17.7 Å². The van der Waals surface area contributed by atoms with Crippen molar-refractivity contribution in [3.8, 4) is 5.88 Å². The normalized spacial score (nSPS) is 11.5. The van der Waals surface area contributed by atoms with Gasteiger partial charge in [0.05, 0.1) is 19.0 Å². The first kappa shape index (κ1) is 18.3. The Bertz CT molecular complexity index is 702. The average Bonchev–Trinajstić information content (AvgIpc) is 2.61. The number of pyridine rings is 1. The van der Waals surface area contributed by atoms with Gasteiger partial charge in [-0.2, -0.15) is 0 Å². The largest absolute Gasteiger partial charge is 0.481 e. The minimum absolute atomic E-state index is 0.0901. The van der Waals surface area contributed by atoms with E-state index in [1.54, 1.807) is 24.3 Å². The number of nitrogens with zero attached hydrogens (tertiary/aromatic N) is 1. The number of para-hydroxylation sites is 1. The maximum absolute atomic E-state index is 12.5. The fraction of sp³-hybridized carbons (Fsp3) is 0.278. The van der Waals surface area contributed by atoms with Crippen LogP contribution in [0.4, 0.5) is 16.2 Å². The molecule has 0 radical (unpaired) electrons. The van der Waals surface area contributed by atoms with E-state index in [0.29, 0.717) is 17.3 Å². The summed E-state index contributed by atoms with van der Waals surface area (Å²) in [7, 11) is 1.52. The molecule has 0 bridgehead atoms. The lowest BCUT2D eigenvalue weighted by Gasteiger charge is -2.22. The summed E-state index contributed by atoms with van der Waals surface area (Å²) in [5.74, 6) is 0.0525. The Hall–Kier alpha value is -3.09. The Morgan fingerprint density at radius 2 is 1.72 bits per heavy atom. The fourth-order valence-corrected chi connectivity index (χ4v) is 2.16. The SMILES string of the molecule is COc1ccc(NC(=O)C(NC(=O)Nc2ccccc2)C(C)C)cn1. The number of carbonyl (C=O) groups is 2. The van der Waals surface area contributed by atoms with Gasteiger partial charge in [-0.3, -0.25) is 4.79 Å². The lowest BCUT2D eigenvalue weighted by molar-refractivity contribution is -0.118. The molecule has 0 aliphatic carbocycles. The number of rotatable bonds is 6. The average molecular weight is 342 g/mol. The van der Waals surface area contributed by atoms with Crippen molar-refractivity contribution < 1.29 is 14.3 Å². The van der Waals surface area contributed by atoms with Crippen molar-refractivity contribution in [2.24, 2.45) is 5.92 Å². The molecule has 1 unspecified atom stereocenters. The van der Waals surface area contributed by atoms with Crippen molar-refractivity contribution >= 4 is 23.3 Å². The highest BCUT2D eigenvalue weighted by molar-refractivity contribution is 5.99. The van der Waals surface area contributed by atoms with Gasteiger partial charge < -0.3 is 20.7 Å². The zero-order valence-corrected chi connectivity index (χ0v) is 14.4. The third-order valence-electron chi connectivity index (χ3n) is 3.48. The molecule has 7 heteroatoms. The van der Waals surface area contributed by atoms with Crippen LogP contribution in [0.3, 0.4) is 0 Å². The zero-order valence-electron chi connectivity index (χ0n) is 14.4. The number of amides is 3. The van der Waals surface area contributed by atoms with E-state index >= 15 is 0 Å². The number of nitrogens with one attached hydrogen (secondary N) is 3. The van der Waals surface area contributed by atoms with Gasteiger partial charge in [0.1, 0.15) is 6.04 Å². The molecule has 1 aromatic carbocycles. The Balaban J connectivity index is 1.98. The van der Waals surface area contributed by atoms with Crippen LogP contribution in [0.1, 0.15) is 13.8 Å². The molecule has 1 heterocycles. The van der Waals surface area contributed by atoms with E-state index in [1.165, 1.54) is 13.3 Å². The van der Waals surface area contributed by atoms with Crippen LogP contribution in [0, 0.1) is 5.92 Å². The highest BCUT2D eigenvalue weighted by Crippen LogP contribution is 2.13. The Morgan fingerprint density at radius 3 is 2.28 bits per heavy atom. The van der Waals surface area contributed by atoms with E-state index in [0.717, 1.165) is 0 Å². The lowest BCUT2D eigenvalue weighted by Crippen LogP contribution is -2.48. The van der Waals surface area contributed by atoms with Crippen molar-refractivity contribution in [3.05, 3.63) is 48.7 Å². The molecule has 0 fully saturated rings. The monoisotopic (exact) mass is 342 g/mol. The first-order chi connectivity index (χ1) is 12.0. The predicted molar refractivity (Wildman–Crippen MR) is 96.6 cm³/mol. The van der Waals surface area contributed by atoms with Crippen molar-refractivity contribution in [2.45, 2.75) is 19.9 Å². The van der Waals surface area contributed by atoms with Crippen molar-refractivity contribution in [1.29, 1.82) is 0 Å². The van der Waals surface area contributed by atoms with Crippen LogP contribution in [0.2, 0.25) is 0 Å². The molecule has 0 aliphatic rings. The van der Waals surface area contributed by atoms with Gasteiger partial charge in [0.15, 0.2) is 0 Å². The quantitative estimate of drug-likeness (QED) is 0.752. The molecule has 2 aromatic rings. The Kier molecular flexibility index (Phi) is 6.33. The maximum atomic E-state index is 12.5. The highest BCUT2D eigenvalue weighted by atomic mass is 16.5. The van der Waals surface area contributed by atoms with Gasteiger partial charge in [0.2, 0.25) is 11.8 Å². The van der Waals surface area contributed by atoms with E-state index in [9.17, 15) is 9.59 Å². The summed E-state index contributed by atoms with van der Waals surface area (Å²) in [5.41, 5.74) is 1.18. The van der Waals surface area contributed by atoms with Crippen LogP contribution in [0.25, 0.3) is 0 Å². The molecule has 0 saturated carbocycles. The summed E-state index contributed by atoms with van der Waals surface area (Å²) < 4.78 is 4.98. The van der Waals surface area contributed by atoms with Crippen LogP contribution >= 0.6 is 0 Å². The number of urea groups is 1. The molecular formula is C18H22N4O3. The van der Waals surface area contributed by atoms with Gasteiger partial charge in [-0.25, -0.2) is 9.78 Å². The highest BCUT2D eigenvalue weighted by Gasteiger charge is 2.24. The lowest BCUT2D eigenvalue weighted by atomic mass is 10.0. The van der Waals surface area contributed by atoms with E-state index in [4.69, 9.17) is 4.74 Å². The van der Waals surface area contributed by atoms with Crippen LogP contribution < -0.4 is 20.7 Å². The maximum Gasteiger partial charge on any atom is 0.319 e. The topological polar surface area (TPSA) is 92.4 Å². The number of benzene rings is 1.